The summed E-state index contributed by atoms with van der Waals surface area (Å²) in [6.45, 7) is 0.821. The molecule has 0 aliphatic heterocycles. The summed E-state index contributed by atoms with van der Waals surface area (Å²) in [5.74, 6) is 1.78. The number of hydrogen-bond acceptors (Lipinski definition) is 1. The summed E-state index contributed by atoms with van der Waals surface area (Å²) in [4.78, 5) is 0. The molecule has 0 saturated heterocycles. The summed E-state index contributed by atoms with van der Waals surface area (Å²) in [7, 11) is 0. The fourth-order valence-electron chi connectivity index (χ4n) is 2.43. The third kappa shape index (κ3) is 4.66. The molecule has 1 aliphatic carbocycles. The Morgan fingerprint density at radius 1 is 1.18 bits per heavy atom. The lowest BCUT2D eigenvalue weighted by Gasteiger charge is -2.21. The predicted octanol–water partition coefficient (Wildman–Crippen LogP) is 5.29. The van der Waals surface area contributed by atoms with Gasteiger partial charge in [0, 0.05) is 8.59 Å². The van der Waals surface area contributed by atoms with E-state index in [0.29, 0.717) is 0 Å². The SMILES string of the molecule is Clc1cc(I)cc(OCCC2CCCCC2)c1. The van der Waals surface area contributed by atoms with Gasteiger partial charge in [0.25, 0.3) is 0 Å². The number of rotatable bonds is 4. The average molecular weight is 365 g/mol. The highest BCUT2D eigenvalue weighted by molar-refractivity contribution is 14.1. The monoisotopic (exact) mass is 364 g/mol. The average Bonchev–Trinajstić information content (AvgIpc) is 2.29. The predicted molar refractivity (Wildman–Crippen MR) is 80.9 cm³/mol. The first-order valence-electron chi connectivity index (χ1n) is 6.33. The molecule has 2 rings (SSSR count). The first kappa shape index (κ1) is 13.5. The molecule has 0 atom stereocenters. The Morgan fingerprint density at radius 2 is 1.94 bits per heavy atom. The van der Waals surface area contributed by atoms with E-state index in [0.717, 1.165) is 26.9 Å². The quantitative estimate of drug-likeness (QED) is 0.659. The van der Waals surface area contributed by atoms with Crippen molar-refractivity contribution in [2.24, 2.45) is 5.92 Å². The maximum Gasteiger partial charge on any atom is 0.121 e. The summed E-state index contributed by atoms with van der Waals surface area (Å²) in [6.07, 6.45) is 8.18. The number of ether oxygens (including phenoxy) is 1. The lowest BCUT2D eigenvalue weighted by molar-refractivity contribution is 0.246. The second kappa shape index (κ2) is 6.83. The van der Waals surface area contributed by atoms with Crippen molar-refractivity contribution in [3.63, 3.8) is 0 Å². The van der Waals surface area contributed by atoms with Crippen molar-refractivity contribution < 1.29 is 4.74 Å². The Balaban J connectivity index is 1.77. The lowest BCUT2D eigenvalue weighted by atomic mass is 9.87. The third-order valence-electron chi connectivity index (χ3n) is 3.36. The van der Waals surface area contributed by atoms with Crippen LogP contribution in [0, 0.1) is 9.49 Å². The molecule has 17 heavy (non-hydrogen) atoms. The molecule has 0 aromatic heterocycles. The van der Waals surface area contributed by atoms with E-state index in [-0.39, 0.29) is 0 Å². The zero-order valence-corrected chi connectivity index (χ0v) is 12.8. The number of halogens is 2. The minimum atomic E-state index is 0.754. The molecule has 0 bridgehead atoms. The fourth-order valence-corrected chi connectivity index (χ4v) is 3.48. The van der Waals surface area contributed by atoms with Gasteiger partial charge >= 0.3 is 0 Å². The maximum atomic E-state index is 5.99. The highest BCUT2D eigenvalue weighted by Crippen LogP contribution is 2.27. The van der Waals surface area contributed by atoms with E-state index >= 15 is 0 Å². The van der Waals surface area contributed by atoms with Crippen molar-refractivity contribution in [1.29, 1.82) is 0 Å². The smallest absolute Gasteiger partial charge is 0.121 e. The second-order valence-electron chi connectivity index (χ2n) is 4.75. The van der Waals surface area contributed by atoms with Crippen LogP contribution in [0.4, 0.5) is 0 Å². The normalized spacial score (nSPS) is 17.1. The minimum Gasteiger partial charge on any atom is -0.493 e. The van der Waals surface area contributed by atoms with Gasteiger partial charge in [0.15, 0.2) is 0 Å². The fraction of sp³-hybridized carbons (Fsp3) is 0.571. The van der Waals surface area contributed by atoms with Gasteiger partial charge in [-0.2, -0.15) is 0 Å². The number of benzene rings is 1. The zero-order chi connectivity index (χ0) is 12.1. The molecule has 0 N–H and O–H groups in total. The third-order valence-corrected chi connectivity index (χ3v) is 4.20. The molecule has 1 fully saturated rings. The Labute approximate surface area is 122 Å². The van der Waals surface area contributed by atoms with E-state index in [4.69, 9.17) is 16.3 Å². The van der Waals surface area contributed by atoms with Gasteiger partial charge in [0.1, 0.15) is 5.75 Å². The Morgan fingerprint density at radius 3 is 2.65 bits per heavy atom. The van der Waals surface area contributed by atoms with Crippen LogP contribution in [0.3, 0.4) is 0 Å². The van der Waals surface area contributed by atoms with Gasteiger partial charge in [-0.05, 0) is 53.1 Å². The van der Waals surface area contributed by atoms with Crippen molar-refractivity contribution in [2.45, 2.75) is 38.5 Å². The molecule has 1 aromatic carbocycles. The van der Waals surface area contributed by atoms with E-state index in [1.165, 1.54) is 38.5 Å². The van der Waals surface area contributed by atoms with Gasteiger partial charge < -0.3 is 4.74 Å². The van der Waals surface area contributed by atoms with Crippen LogP contribution in [0.1, 0.15) is 38.5 Å². The van der Waals surface area contributed by atoms with Crippen LogP contribution in [0.15, 0.2) is 18.2 Å². The Kier molecular flexibility index (Phi) is 5.42. The summed E-state index contributed by atoms with van der Waals surface area (Å²) in [5, 5.41) is 0.754. The second-order valence-corrected chi connectivity index (χ2v) is 6.43. The lowest BCUT2D eigenvalue weighted by Crippen LogP contribution is -2.10. The van der Waals surface area contributed by atoms with Gasteiger partial charge in [-0.25, -0.2) is 0 Å². The van der Waals surface area contributed by atoms with E-state index in [1.807, 2.05) is 18.2 Å². The highest BCUT2D eigenvalue weighted by Gasteiger charge is 2.13. The van der Waals surface area contributed by atoms with Gasteiger partial charge in [-0.3, -0.25) is 0 Å². The van der Waals surface area contributed by atoms with Crippen LogP contribution in [0.25, 0.3) is 0 Å². The van der Waals surface area contributed by atoms with Crippen LogP contribution in [0.2, 0.25) is 5.02 Å². The molecule has 0 spiro atoms. The zero-order valence-electron chi connectivity index (χ0n) is 9.92. The van der Waals surface area contributed by atoms with Crippen molar-refractivity contribution in [3.05, 3.63) is 26.8 Å². The Bertz CT molecular complexity index is 341. The summed E-state index contributed by atoms with van der Waals surface area (Å²) in [6, 6.07) is 5.87. The largest absolute Gasteiger partial charge is 0.493 e. The van der Waals surface area contributed by atoms with Crippen LogP contribution in [-0.2, 0) is 0 Å². The molecule has 0 radical (unpaired) electrons. The first-order chi connectivity index (χ1) is 8.24. The van der Waals surface area contributed by atoms with Crippen molar-refractivity contribution in [1.82, 2.24) is 0 Å². The van der Waals surface area contributed by atoms with Crippen LogP contribution in [0.5, 0.6) is 5.75 Å². The molecular weight excluding hydrogens is 347 g/mol. The van der Waals surface area contributed by atoms with Gasteiger partial charge in [0.2, 0.25) is 0 Å². The topological polar surface area (TPSA) is 9.23 Å². The molecule has 1 aromatic rings. The molecule has 0 amide bonds. The van der Waals surface area contributed by atoms with E-state index in [9.17, 15) is 0 Å². The summed E-state index contributed by atoms with van der Waals surface area (Å²) < 4.78 is 6.91. The van der Waals surface area contributed by atoms with Crippen molar-refractivity contribution >= 4 is 34.2 Å². The molecular formula is C14H18ClIO. The Hall–Kier alpha value is 0.0400. The summed E-state index contributed by atoms with van der Waals surface area (Å²) in [5.41, 5.74) is 0. The first-order valence-corrected chi connectivity index (χ1v) is 7.78. The summed E-state index contributed by atoms with van der Waals surface area (Å²) >= 11 is 8.25. The van der Waals surface area contributed by atoms with E-state index in [1.54, 1.807) is 0 Å². The molecule has 3 heteroatoms. The molecule has 0 unspecified atom stereocenters. The maximum absolute atomic E-state index is 5.99. The van der Waals surface area contributed by atoms with E-state index < -0.39 is 0 Å². The highest BCUT2D eigenvalue weighted by atomic mass is 127. The minimum absolute atomic E-state index is 0.754. The van der Waals surface area contributed by atoms with Gasteiger partial charge in [-0.1, -0.05) is 43.7 Å². The molecule has 0 heterocycles. The molecule has 1 nitrogen and oxygen atoms in total. The van der Waals surface area contributed by atoms with Crippen LogP contribution < -0.4 is 4.74 Å². The van der Waals surface area contributed by atoms with Crippen LogP contribution in [-0.4, -0.2) is 6.61 Å². The van der Waals surface area contributed by atoms with Crippen molar-refractivity contribution in [2.75, 3.05) is 6.61 Å². The van der Waals surface area contributed by atoms with Gasteiger partial charge in [0.05, 0.1) is 6.61 Å². The molecule has 1 aliphatic rings. The van der Waals surface area contributed by atoms with Gasteiger partial charge in [-0.15, -0.1) is 0 Å². The van der Waals surface area contributed by atoms with Crippen LogP contribution >= 0.6 is 34.2 Å². The molecule has 1 saturated carbocycles. The number of hydrogen-bond donors (Lipinski definition) is 0. The standard InChI is InChI=1S/C14H18ClIO/c15-12-8-13(16)10-14(9-12)17-7-6-11-4-2-1-3-5-11/h8-11H,1-7H2. The molecule has 94 valence electrons. The van der Waals surface area contributed by atoms with Crippen molar-refractivity contribution in [3.8, 4) is 5.75 Å². The van der Waals surface area contributed by atoms with E-state index in [2.05, 4.69) is 22.6 Å².